The van der Waals surface area contributed by atoms with Crippen LogP contribution in [0.15, 0.2) is 41.3 Å². The molecule has 1 aliphatic carbocycles. The zero-order chi connectivity index (χ0) is 18.0. The van der Waals surface area contributed by atoms with E-state index in [2.05, 4.69) is 5.32 Å². The van der Waals surface area contributed by atoms with Gasteiger partial charge in [-0.25, -0.2) is 12.8 Å². The van der Waals surface area contributed by atoms with Crippen molar-refractivity contribution in [2.75, 3.05) is 11.1 Å². The summed E-state index contributed by atoms with van der Waals surface area (Å²) >= 11 is 5.84. The van der Waals surface area contributed by atoms with Gasteiger partial charge in [0.15, 0.2) is 9.84 Å². The first-order valence-electron chi connectivity index (χ1n) is 7.94. The molecule has 0 aromatic heterocycles. The fourth-order valence-corrected chi connectivity index (χ4v) is 4.39. The first-order chi connectivity index (χ1) is 11.8. The Morgan fingerprint density at radius 3 is 2.64 bits per heavy atom. The molecule has 0 radical (unpaired) electrons. The molecule has 0 saturated heterocycles. The van der Waals surface area contributed by atoms with Crippen molar-refractivity contribution in [3.8, 4) is 0 Å². The van der Waals surface area contributed by atoms with Crippen LogP contribution in [0, 0.1) is 5.82 Å². The van der Waals surface area contributed by atoms with Gasteiger partial charge in [0, 0.05) is 6.42 Å². The maximum atomic E-state index is 13.0. The van der Waals surface area contributed by atoms with E-state index in [0.717, 1.165) is 30.9 Å². The number of carbonyl (C=O) groups excluding carboxylic acids is 1. The van der Waals surface area contributed by atoms with E-state index in [1.807, 2.05) is 6.07 Å². The second kappa shape index (κ2) is 7.14. The molecule has 0 aliphatic heterocycles. The van der Waals surface area contributed by atoms with Gasteiger partial charge in [0.25, 0.3) is 0 Å². The van der Waals surface area contributed by atoms with E-state index in [1.54, 1.807) is 12.1 Å². The van der Waals surface area contributed by atoms with E-state index in [9.17, 15) is 17.6 Å². The summed E-state index contributed by atoms with van der Waals surface area (Å²) in [5.41, 5.74) is 2.52. The minimum atomic E-state index is -3.54. The van der Waals surface area contributed by atoms with Crippen LogP contribution in [0.5, 0.6) is 0 Å². The van der Waals surface area contributed by atoms with Gasteiger partial charge in [0.2, 0.25) is 5.91 Å². The number of halogens is 2. The number of hydrogen-bond acceptors (Lipinski definition) is 3. The van der Waals surface area contributed by atoms with Gasteiger partial charge in [-0.1, -0.05) is 17.7 Å². The fourth-order valence-electron chi connectivity index (χ4n) is 2.89. The highest BCUT2D eigenvalue weighted by Gasteiger charge is 2.20. The second-order valence-corrected chi connectivity index (χ2v) is 8.54. The lowest BCUT2D eigenvalue weighted by atomic mass is 10.1. The lowest BCUT2D eigenvalue weighted by Gasteiger charge is -2.09. The van der Waals surface area contributed by atoms with Crippen molar-refractivity contribution < 1.29 is 17.6 Å². The third kappa shape index (κ3) is 4.19. The topological polar surface area (TPSA) is 63.2 Å². The number of anilines is 1. The van der Waals surface area contributed by atoms with Gasteiger partial charge < -0.3 is 5.32 Å². The third-order valence-corrected chi connectivity index (χ3v) is 6.26. The SMILES string of the molecule is O=C(CCS(=O)(=O)c1ccc2c(c1)CCC2)Nc1ccc(F)cc1Cl. The van der Waals surface area contributed by atoms with E-state index in [-0.39, 0.29) is 27.8 Å². The largest absolute Gasteiger partial charge is 0.325 e. The molecule has 25 heavy (non-hydrogen) atoms. The molecule has 2 aromatic rings. The minimum absolute atomic E-state index is 0.0647. The Labute approximate surface area is 150 Å². The summed E-state index contributed by atoms with van der Waals surface area (Å²) < 4.78 is 37.9. The molecule has 0 unspecified atom stereocenters. The maximum Gasteiger partial charge on any atom is 0.225 e. The highest BCUT2D eigenvalue weighted by Crippen LogP contribution is 2.26. The number of sulfone groups is 1. The highest BCUT2D eigenvalue weighted by atomic mass is 35.5. The number of hydrogen-bond donors (Lipinski definition) is 1. The predicted molar refractivity (Wildman–Crippen MR) is 95.2 cm³/mol. The van der Waals surface area contributed by atoms with Crippen LogP contribution in [0.25, 0.3) is 0 Å². The molecule has 0 heterocycles. The second-order valence-electron chi connectivity index (χ2n) is 6.03. The molecule has 0 atom stereocenters. The summed E-state index contributed by atoms with van der Waals surface area (Å²) in [5, 5.41) is 2.57. The number of amides is 1. The van der Waals surface area contributed by atoms with Gasteiger partial charge in [0.1, 0.15) is 5.82 Å². The van der Waals surface area contributed by atoms with Gasteiger partial charge in [-0.3, -0.25) is 4.79 Å². The summed E-state index contributed by atoms with van der Waals surface area (Å²) in [6, 6.07) is 8.76. The normalized spacial score (nSPS) is 13.5. The highest BCUT2D eigenvalue weighted by molar-refractivity contribution is 7.91. The third-order valence-electron chi connectivity index (χ3n) is 4.23. The molecule has 0 fully saturated rings. The van der Waals surface area contributed by atoms with Gasteiger partial charge in [-0.05, 0) is 60.7 Å². The molecule has 1 N–H and O–H groups in total. The number of rotatable bonds is 5. The lowest BCUT2D eigenvalue weighted by Crippen LogP contribution is -2.17. The zero-order valence-corrected chi connectivity index (χ0v) is 15.0. The van der Waals surface area contributed by atoms with Crippen molar-refractivity contribution in [3.63, 3.8) is 0 Å². The molecule has 0 saturated carbocycles. The Bertz CT molecular complexity index is 928. The molecular weight excluding hydrogens is 365 g/mol. The van der Waals surface area contributed by atoms with E-state index >= 15 is 0 Å². The van der Waals surface area contributed by atoms with Gasteiger partial charge in [0.05, 0.1) is 21.4 Å². The van der Waals surface area contributed by atoms with E-state index in [4.69, 9.17) is 11.6 Å². The Morgan fingerprint density at radius 1 is 1.12 bits per heavy atom. The Hall–Kier alpha value is -1.92. The van der Waals surface area contributed by atoms with Gasteiger partial charge in [-0.2, -0.15) is 0 Å². The van der Waals surface area contributed by atoms with Crippen LogP contribution in [0.1, 0.15) is 24.0 Å². The van der Waals surface area contributed by atoms with Gasteiger partial charge in [-0.15, -0.1) is 0 Å². The van der Waals surface area contributed by atoms with Crippen LogP contribution < -0.4 is 5.32 Å². The molecule has 4 nitrogen and oxygen atoms in total. The van der Waals surface area contributed by atoms with E-state index < -0.39 is 21.6 Å². The number of carbonyl (C=O) groups is 1. The number of nitrogens with one attached hydrogen (secondary N) is 1. The predicted octanol–water partition coefficient (Wildman–Crippen LogP) is 3.77. The van der Waals surface area contributed by atoms with E-state index in [1.165, 1.54) is 17.7 Å². The van der Waals surface area contributed by atoms with Gasteiger partial charge >= 0.3 is 0 Å². The first kappa shape index (κ1) is 17.9. The average molecular weight is 382 g/mol. The van der Waals surface area contributed by atoms with Crippen LogP contribution in [-0.2, 0) is 27.5 Å². The monoisotopic (exact) mass is 381 g/mol. The standard InChI is InChI=1S/C18H17ClFNO3S/c19-16-11-14(20)5-7-17(16)21-18(22)8-9-25(23,24)15-6-4-12-2-1-3-13(12)10-15/h4-7,10-11H,1-3,8-9H2,(H,21,22). The summed E-state index contributed by atoms with van der Waals surface area (Å²) in [4.78, 5) is 12.2. The minimum Gasteiger partial charge on any atom is -0.325 e. The lowest BCUT2D eigenvalue weighted by molar-refractivity contribution is -0.115. The Balaban J connectivity index is 1.64. The molecule has 7 heteroatoms. The molecule has 2 aromatic carbocycles. The van der Waals surface area contributed by atoms with Crippen molar-refractivity contribution in [3.05, 3.63) is 58.4 Å². The molecule has 0 spiro atoms. The average Bonchev–Trinajstić information content (AvgIpc) is 3.03. The Kier molecular flexibility index (Phi) is 5.11. The van der Waals surface area contributed by atoms with Crippen LogP contribution in [0.4, 0.5) is 10.1 Å². The van der Waals surface area contributed by atoms with Crippen molar-refractivity contribution in [2.24, 2.45) is 0 Å². The molecule has 3 rings (SSSR count). The van der Waals surface area contributed by atoms with E-state index in [0.29, 0.717) is 0 Å². The molecule has 1 aliphatic rings. The van der Waals surface area contributed by atoms with Crippen molar-refractivity contribution >= 4 is 33.0 Å². The number of fused-ring (bicyclic) bond motifs is 1. The van der Waals surface area contributed by atoms with Crippen LogP contribution in [-0.4, -0.2) is 20.1 Å². The van der Waals surface area contributed by atoms with Crippen molar-refractivity contribution in [1.82, 2.24) is 0 Å². The fraction of sp³-hybridized carbons (Fsp3) is 0.278. The van der Waals surface area contributed by atoms with Crippen molar-refractivity contribution in [2.45, 2.75) is 30.6 Å². The van der Waals surface area contributed by atoms with Crippen LogP contribution in [0.3, 0.4) is 0 Å². The summed E-state index contributed by atoms with van der Waals surface area (Å²) in [5.74, 6) is -1.29. The molecular formula is C18H17ClFNO3S. The summed E-state index contributed by atoms with van der Waals surface area (Å²) in [6.07, 6.45) is 2.71. The maximum absolute atomic E-state index is 13.0. The quantitative estimate of drug-likeness (QED) is 0.857. The van der Waals surface area contributed by atoms with Crippen LogP contribution >= 0.6 is 11.6 Å². The molecule has 1 amide bonds. The Morgan fingerprint density at radius 2 is 1.88 bits per heavy atom. The summed E-state index contributed by atoms with van der Waals surface area (Å²) in [7, 11) is -3.54. The number of aryl methyl sites for hydroxylation is 2. The smallest absolute Gasteiger partial charge is 0.225 e. The first-order valence-corrected chi connectivity index (χ1v) is 9.98. The number of benzene rings is 2. The molecule has 0 bridgehead atoms. The zero-order valence-electron chi connectivity index (χ0n) is 13.4. The van der Waals surface area contributed by atoms with Crippen molar-refractivity contribution in [1.29, 1.82) is 0 Å². The summed E-state index contributed by atoms with van der Waals surface area (Å²) in [6.45, 7) is 0. The molecule has 132 valence electrons. The van der Waals surface area contributed by atoms with Crippen LogP contribution in [0.2, 0.25) is 5.02 Å².